The highest BCUT2D eigenvalue weighted by atomic mass is 16.5. The molecule has 1 atom stereocenters. The van der Waals surface area contributed by atoms with Gasteiger partial charge in [0.05, 0.1) is 0 Å². The summed E-state index contributed by atoms with van der Waals surface area (Å²) in [5, 5.41) is 6.89. The average molecular weight is 374 g/mol. The fourth-order valence-corrected chi connectivity index (χ4v) is 4.11. The summed E-state index contributed by atoms with van der Waals surface area (Å²) in [6.07, 6.45) is 2.34. The highest BCUT2D eigenvalue weighted by Crippen LogP contribution is 2.40. The molecule has 2 aromatic carbocycles. The Hall–Kier alpha value is -3.48. The van der Waals surface area contributed by atoms with Crippen molar-refractivity contribution in [1.29, 1.82) is 0 Å². The van der Waals surface area contributed by atoms with Gasteiger partial charge in [0.2, 0.25) is 11.7 Å². The van der Waals surface area contributed by atoms with E-state index in [0.29, 0.717) is 12.2 Å². The third kappa shape index (κ3) is 2.51. The van der Waals surface area contributed by atoms with Crippen LogP contribution in [-0.2, 0) is 23.3 Å². The van der Waals surface area contributed by atoms with E-state index in [9.17, 15) is 9.59 Å². The van der Waals surface area contributed by atoms with Gasteiger partial charge in [-0.2, -0.15) is 4.98 Å². The van der Waals surface area contributed by atoms with Crippen molar-refractivity contribution in [2.24, 2.45) is 0 Å². The second-order valence-electron chi connectivity index (χ2n) is 7.12. The third-order valence-electron chi connectivity index (χ3n) is 5.44. The molecular weight excluding hydrogens is 356 g/mol. The minimum atomic E-state index is -0.992. The van der Waals surface area contributed by atoms with Gasteiger partial charge >= 0.3 is 6.03 Å². The number of nitrogens with one attached hydrogen (secondary N) is 1. The maximum atomic E-state index is 13.3. The van der Waals surface area contributed by atoms with E-state index < -0.39 is 11.6 Å². The summed E-state index contributed by atoms with van der Waals surface area (Å²) in [5.41, 5.74) is 1.81. The molecule has 1 aliphatic carbocycles. The molecule has 3 amide bonds. The fourth-order valence-electron chi connectivity index (χ4n) is 4.11. The Morgan fingerprint density at radius 2 is 1.86 bits per heavy atom. The van der Waals surface area contributed by atoms with E-state index in [1.807, 2.05) is 54.6 Å². The van der Waals surface area contributed by atoms with Crippen LogP contribution in [0.3, 0.4) is 0 Å². The predicted octanol–water partition coefficient (Wildman–Crippen LogP) is 3.02. The van der Waals surface area contributed by atoms with Crippen LogP contribution in [0.5, 0.6) is 0 Å². The van der Waals surface area contributed by atoms with E-state index in [1.54, 1.807) is 0 Å². The van der Waals surface area contributed by atoms with Gasteiger partial charge < -0.3 is 9.84 Å². The van der Waals surface area contributed by atoms with Crippen molar-refractivity contribution in [2.75, 3.05) is 0 Å². The summed E-state index contributed by atoms with van der Waals surface area (Å²) >= 11 is 0. The molecule has 1 N–H and O–H groups in total. The van der Waals surface area contributed by atoms with Gasteiger partial charge in [-0.25, -0.2) is 4.79 Å². The second-order valence-corrected chi connectivity index (χ2v) is 7.12. The number of hydrogen-bond donors (Lipinski definition) is 1. The molecule has 1 saturated heterocycles. The number of amides is 3. The summed E-state index contributed by atoms with van der Waals surface area (Å²) in [5.74, 6) is 0.396. The quantitative estimate of drug-likeness (QED) is 0.712. The summed E-state index contributed by atoms with van der Waals surface area (Å²) < 4.78 is 5.29. The third-order valence-corrected chi connectivity index (χ3v) is 5.44. The lowest BCUT2D eigenvalue weighted by Gasteiger charge is -2.33. The first-order chi connectivity index (χ1) is 13.7. The lowest BCUT2D eigenvalue weighted by atomic mass is 9.76. The Balaban J connectivity index is 1.43. The molecule has 0 unspecified atom stereocenters. The van der Waals surface area contributed by atoms with Gasteiger partial charge in [0.15, 0.2) is 0 Å². The Kier molecular flexibility index (Phi) is 3.75. The molecule has 2 heterocycles. The van der Waals surface area contributed by atoms with Crippen LogP contribution in [0.4, 0.5) is 4.79 Å². The van der Waals surface area contributed by atoms with E-state index in [-0.39, 0.29) is 18.3 Å². The topological polar surface area (TPSA) is 88.3 Å². The highest BCUT2D eigenvalue weighted by Gasteiger charge is 2.54. The van der Waals surface area contributed by atoms with Gasteiger partial charge in [-0.15, -0.1) is 0 Å². The maximum Gasteiger partial charge on any atom is 0.325 e. The van der Waals surface area contributed by atoms with Crippen LogP contribution in [0.15, 0.2) is 59.1 Å². The molecule has 3 aromatic rings. The number of carbonyl (C=O) groups excluding carboxylic acids is 2. The van der Waals surface area contributed by atoms with Crippen LogP contribution < -0.4 is 5.32 Å². The summed E-state index contributed by atoms with van der Waals surface area (Å²) in [6, 6.07) is 16.8. The molecule has 7 nitrogen and oxygen atoms in total. The van der Waals surface area contributed by atoms with Crippen molar-refractivity contribution < 1.29 is 14.1 Å². The predicted molar refractivity (Wildman–Crippen MR) is 99.9 cm³/mol. The van der Waals surface area contributed by atoms with E-state index in [1.165, 1.54) is 4.90 Å². The number of benzene rings is 2. The van der Waals surface area contributed by atoms with Crippen LogP contribution in [0.1, 0.15) is 29.9 Å². The van der Waals surface area contributed by atoms with Gasteiger partial charge in [0, 0.05) is 5.56 Å². The molecular formula is C21H18N4O3. The molecule has 140 valence electrons. The summed E-state index contributed by atoms with van der Waals surface area (Å²) in [6.45, 7) is -0.0472. The minimum Gasteiger partial charge on any atom is -0.337 e. The van der Waals surface area contributed by atoms with Crippen molar-refractivity contribution in [1.82, 2.24) is 20.4 Å². The number of carbonyl (C=O) groups is 2. The molecule has 5 rings (SSSR count). The lowest BCUT2D eigenvalue weighted by Crippen LogP contribution is -2.46. The van der Waals surface area contributed by atoms with Gasteiger partial charge in [-0.1, -0.05) is 59.8 Å². The molecule has 0 bridgehead atoms. The Bertz CT molecular complexity index is 1060. The zero-order chi connectivity index (χ0) is 19.1. The fraction of sp³-hybridized carbons (Fsp3) is 0.238. The number of rotatable bonds is 3. The van der Waals surface area contributed by atoms with Crippen LogP contribution >= 0.6 is 0 Å². The molecule has 1 aromatic heterocycles. The van der Waals surface area contributed by atoms with Gasteiger partial charge in [0.1, 0.15) is 12.1 Å². The summed E-state index contributed by atoms with van der Waals surface area (Å²) in [4.78, 5) is 31.5. The van der Waals surface area contributed by atoms with Crippen molar-refractivity contribution in [2.45, 2.75) is 31.3 Å². The van der Waals surface area contributed by atoms with Crippen molar-refractivity contribution >= 4 is 11.9 Å². The standard InChI is InChI=1S/C21H18N4O3/c26-19-21(12-6-10-14-7-4-5-11-16(14)21)23-20(27)25(19)13-17-22-18(24-28-17)15-8-2-1-3-9-15/h1-5,7-9,11H,6,10,12-13H2,(H,23,27)/t21-/m0/s1. The maximum absolute atomic E-state index is 13.3. The molecule has 1 aliphatic heterocycles. The number of imide groups is 1. The average Bonchev–Trinajstić information content (AvgIpc) is 3.29. The van der Waals surface area contributed by atoms with Crippen molar-refractivity contribution in [3.05, 3.63) is 71.6 Å². The van der Waals surface area contributed by atoms with Crippen LogP contribution in [0.25, 0.3) is 11.4 Å². The van der Waals surface area contributed by atoms with E-state index >= 15 is 0 Å². The molecule has 7 heteroatoms. The van der Waals surface area contributed by atoms with Crippen LogP contribution in [0, 0.1) is 0 Å². The normalized spacial score (nSPS) is 21.1. The molecule has 1 fully saturated rings. The first-order valence-electron chi connectivity index (χ1n) is 9.28. The zero-order valence-electron chi connectivity index (χ0n) is 15.1. The molecule has 2 aliphatic rings. The number of hydrogen-bond acceptors (Lipinski definition) is 5. The zero-order valence-corrected chi connectivity index (χ0v) is 15.1. The number of aryl methyl sites for hydroxylation is 1. The Labute approximate surface area is 161 Å². The SMILES string of the molecule is O=C1N[C@]2(CCCc3ccccc32)C(=O)N1Cc1nc(-c2ccccc2)no1. The molecule has 0 radical (unpaired) electrons. The monoisotopic (exact) mass is 374 g/mol. The van der Waals surface area contributed by atoms with Crippen molar-refractivity contribution in [3.8, 4) is 11.4 Å². The minimum absolute atomic E-state index is 0.0472. The number of fused-ring (bicyclic) bond motifs is 2. The highest BCUT2D eigenvalue weighted by molar-refractivity contribution is 6.07. The Morgan fingerprint density at radius 3 is 2.71 bits per heavy atom. The Morgan fingerprint density at radius 1 is 1.07 bits per heavy atom. The van der Waals surface area contributed by atoms with Crippen LogP contribution in [0.2, 0.25) is 0 Å². The number of urea groups is 1. The second kappa shape index (κ2) is 6.30. The number of nitrogens with zero attached hydrogens (tertiary/aromatic N) is 3. The van der Waals surface area contributed by atoms with E-state index in [4.69, 9.17) is 4.52 Å². The van der Waals surface area contributed by atoms with Crippen molar-refractivity contribution in [3.63, 3.8) is 0 Å². The first-order valence-corrected chi connectivity index (χ1v) is 9.28. The molecule has 0 saturated carbocycles. The smallest absolute Gasteiger partial charge is 0.325 e. The number of aromatic nitrogens is 2. The van der Waals surface area contributed by atoms with Gasteiger partial charge in [0.25, 0.3) is 5.91 Å². The van der Waals surface area contributed by atoms with E-state index in [0.717, 1.165) is 29.5 Å². The van der Waals surface area contributed by atoms with E-state index in [2.05, 4.69) is 15.5 Å². The molecule has 1 spiro atoms. The largest absolute Gasteiger partial charge is 0.337 e. The lowest BCUT2D eigenvalue weighted by molar-refractivity contribution is -0.132. The summed E-state index contributed by atoms with van der Waals surface area (Å²) in [7, 11) is 0. The van der Waals surface area contributed by atoms with Gasteiger partial charge in [-0.05, 0) is 30.4 Å². The first kappa shape index (κ1) is 16.7. The molecule has 28 heavy (non-hydrogen) atoms. The van der Waals surface area contributed by atoms with Gasteiger partial charge in [-0.3, -0.25) is 9.69 Å². The van der Waals surface area contributed by atoms with Crippen LogP contribution in [-0.4, -0.2) is 27.0 Å².